The highest BCUT2D eigenvalue weighted by Gasteiger charge is 2.19. The van der Waals surface area contributed by atoms with Crippen molar-refractivity contribution >= 4 is 15.9 Å². The first kappa shape index (κ1) is 10.9. The lowest BCUT2D eigenvalue weighted by molar-refractivity contribution is 0.312. The van der Waals surface area contributed by atoms with Crippen LogP contribution in [0.5, 0.6) is 5.75 Å². The number of ether oxygens (including phenoxy) is 1. The molecule has 0 radical (unpaired) electrons. The Morgan fingerprint density at radius 2 is 2.33 bits per heavy atom. The molecule has 0 unspecified atom stereocenters. The van der Waals surface area contributed by atoms with E-state index in [9.17, 15) is 0 Å². The molecule has 0 spiro atoms. The van der Waals surface area contributed by atoms with Crippen molar-refractivity contribution in [3.63, 3.8) is 0 Å². The highest BCUT2D eigenvalue weighted by Crippen LogP contribution is 2.27. The van der Waals surface area contributed by atoms with Crippen molar-refractivity contribution in [2.45, 2.75) is 12.8 Å². The zero-order chi connectivity index (χ0) is 10.5. The second kappa shape index (κ2) is 5.47. The number of nitrogens with one attached hydrogen (secondary N) is 1. The Labute approximate surface area is 98.4 Å². The van der Waals surface area contributed by atoms with Gasteiger partial charge in [0.25, 0.3) is 0 Å². The van der Waals surface area contributed by atoms with Crippen molar-refractivity contribution in [1.29, 1.82) is 0 Å². The van der Waals surface area contributed by atoms with Crippen LogP contribution in [-0.4, -0.2) is 24.7 Å². The van der Waals surface area contributed by atoms with Crippen molar-refractivity contribution in [1.82, 2.24) is 10.3 Å². The molecule has 1 heterocycles. The van der Waals surface area contributed by atoms with Crippen molar-refractivity contribution < 1.29 is 4.74 Å². The van der Waals surface area contributed by atoms with Crippen LogP contribution in [0.1, 0.15) is 12.8 Å². The van der Waals surface area contributed by atoms with E-state index in [1.807, 2.05) is 6.07 Å². The molecule has 1 fully saturated rings. The Morgan fingerprint density at radius 1 is 1.47 bits per heavy atom. The van der Waals surface area contributed by atoms with Crippen LogP contribution in [-0.2, 0) is 0 Å². The van der Waals surface area contributed by atoms with Gasteiger partial charge in [0.2, 0.25) is 0 Å². The summed E-state index contributed by atoms with van der Waals surface area (Å²) in [7, 11) is 0. The molecule has 1 N–H and O–H groups in total. The fourth-order valence-corrected chi connectivity index (χ4v) is 1.68. The van der Waals surface area contributed by atoms with Crippen LogP contribution in [0.4, 0.5) is 0 Å². The third-order valence-corrected chi connectivity index (χ3v) is 2.79. The number of hydrogen-bond donors (Lipinski definition) is 1. The lowest BCUT2D eigenvalue weighted by Crippen LogP contribution is -2.23. The number of nitrogens with zero attached hydrogens (tertiary/aromatic N) is 1. The molecule has 0 atom stereocenters. The summed E-state index contributed by atoms with van der Waals surface area (Å²) >= 11 is 3.35. The predicted molar refractivity (Wildman–Crippen MR) is 63.0 cm³/mol. The maximum Gasteiger partial charge on any atom is 0.138 e. The minimum atomic E-state index is 0.699. The zero-order valence-electron chi connectivity index (χ0n) is 8.58. The summed E-state index contributed by atoms with van der Waals surface area (Å²) in [6, 6.07) is 1.92. The maximum atomic E-state index is 5.53. The van der Waals surface area contributed by atoms with Crippen LogP contribution in [0.3, 0.4) is 0 Å². The molecule has 1 aromatic heterocycles. The van der Waals surface area contributed by atoms with Crippen LogP contribution < -0.4 is 10.1 Å². The van der Waals surface area contributed by atoms with Crippen LogP contribution in [0.15, 0.2) is 22.9 Å². The summed E-state index contributed by atoms with van der Waals surface area (Å²) in [6.45, 7) is 2.74. The SMILES string of the molecule is Brc1cncc(OCCNCC2CC2)c1. The van der Waals surface area contributed by atoms with E-state index in [4.69, 9.17) is 4.74 Å². The lowest BCUT2D eigenvalue weighted by Gasteiger charge is -2.06. The first-order valence-electron chi connectivity index (χ1n) is 5.28. The Kier molecular flexibility index (Phi) is 3.97. The highest BCUT2D eigenvalue weighted by atomic mass is 79.9. The van der Waals surface area contributed by atoms with E-state index in [-0.39, 0.29) is 0 Å². The summed E-state index contributed by atoms with van der Waals surface area (Å²) in [5, 5.41) is 3.38. The summed E-state index contributed by atoms with van der Waals surface area (Å²) in [5.41, 5.74) is 0. The van der Waals surface area contributed by atoms with Crippen molar-refractivity contribution in [2.24, 2.45) is 5.92 Å². The molecule has 0 saturated heterocycles. The fourth-order valence-electron chi connectivity index (χ4n) is 1.34. The normalized spacial score (nSPS) is 15.3. The number of aromatic nitrogens is 1. The molecule has 0 amide bonds. The Morgan fingerprint density at radius 3 is 3.07 bits per heavy atom. The predicted octanol–water partition coefficient (Wildman–Crippen LogP) is 2.22. The largest absolute Gasteiger partial charge is 0.491 e. The van der Waals surface area contributed by atoms with Crippen molar-refractivity contribution in [3.8, 4) is 5.75 Å². The minimum absolute atomic E-state index is 0.699. The van der Waals surface area contributed by atoms with Gasteiger partial charge in [-0.3, -0.25) is 4.98 Å². The number of hydrogen-bond acceptors (Lipinski definition) is 3. The third kappa shape index (κ3) is 4.18. The number of halogens is 1. The molecule has 3 nitrogen and oxygen atoms in total. The monoisotopic (exact) mass is 270 g/mol. The zero-order valence-corrected chi connectivity index (χ0v) is 10.2. The van der Waals surface area contributed by atoms with E-state index in [0.29, 0.717) is 6.61 Å². The minimum Gasteiger partial charge on any atom is -0.491 e. The average molecular weight is 271 g/mol. The summed E-state index contributed by atoms with van der Waals surface area (Å²) in [4.78, 5) is 4.03. The molecule has 82 valence electrons. The summed E-state index contributed by atoms with van der Waals surface area (Å²) < 4.78 is 6.48. The quantitative estimate of drug-likeness (QED) is 0.805. The second-order valence-electron chi connectivity index (χ2n) is 3.83. The van der Waals surface area contributed by atoms with Gasteiger partial charge < -0.3 is 10.1 Å². The van der Waals surface area contributed by atoms with Gasteiger partial charge in [0, 0.05) is 17.2 Å². The molecule has 0 bridgehead atoms. The van der Waals surface area contributed by atoms with Gasteiger partial charge in [0.15, 0.2) is 0 Å². The van der Waals surface area contributed by atoms with Crippen LogP contribution in [0, 0.1) is 5.92 Å². The van der Waals surface area contributed by atoms with Crippen LogP contribution >= 0.6 is 15.9 Å². The smallest absolute Gasteiger partial charge is 0.138 e. The molecule has 1 aromatic rings. The van der Waals surface area contributed by atoms with Gasteiger partial charge in [-0.05, 0) is 47.3 Å². The highest BCUT2D eigenvalue weighted by molar-refractivity contribution is 9.10. The fraction of sp³-hybridized carbons (Fsp3) is 0.545. The molecule has 1 saturated carbocycles. The lowest BCUT2D eigenvalue weighted by atomic mass is 10.4. The van der Waals surface area contributed by atoms with Crippen molar-refractivity contribution in [2.75, 3.05) is 19.7 Å². The van der Waals surface area contributed by atoms with Gasteiger partial charge in [-0.1, -0.05) is 0 Å². The average Bonchev–Trinajstić information content (AvgIpc) is 3.01. The standard InChI is InChI=1S/C11H15BrN2O/c12-10-5-11(8-14-7-10)15-4-3-13-6-9-1-2-9/h5,7-9,13H,1-4,6H2. The molecule has 2 rings (SSSR count). The molecule has 15 heavy (non-hydrogen) atoms. The van der Waals surface area contributed by atoms with E-state index in [0.717, 1.165) is 29.2 Å². The van der Waals surface area contributed by atoms with E-state index < -0.39 is 0 Å². The number of pyridine rings is 1. The maximum absolute atomic E-state index is 5.53. The van der Waals surface area contributed by atoms with Gasteiger partial charge in [0.1, 0.15) is 12.4 Å². The van der Waals surface area contributed by atoms with Crippen LogP contribution in [0.25, 0.3) is 0 Å². The molecule has 4 heteroatoms. The Balaban J connectivity index is 1.60. The van der Waals surface area contributed by atoms with Crippen LogP contribution in [0.2, 0.25) is 0 Å². The summed E-state index contributed by atoms with van der Waals surface area (Å²) in [6.07, 6.45) is 6.26. The first-order valence-corrected chi connectivity index (χ1v) is 6.08. The van der Waals surface area contributed by atoms with E-state index in [2.05, 4.69) is 26.2 Å². The van der Waals surface area contributed by atoms with Gasteiger partial charge in [-0.25, -0.2) is 0 Å². The molecule has 1 aliphatic carbocycles. The van der Waals surface area contributed by atoms with E-state index >= 15 is 0 Å². The van der Waals surface area contributed by atoms with Gasteiger partial charge >= 0.3 is 0 Å². The molecule has 0 aliphatic heterocycles. The van der Waals surface area contributed by atoms with Crippen molar-refractivity contribution in [3.05, 3.63) is 22.9 Å². The third-order valence-electron chi connectivity index (χ3n) is 2.36. The molecule has 1 aliphatic rings. The van der Waals surface area contributed by atoms with E-state index in [1.54, 1.807) is 12.4 Å². The Bertz CT molecular complexity index is 315. The first-order chi connectivity index (χ1) is 7.34. The second-order valence-corrected chi connectivity index (χ2v) is 4.75. The molecular weight excluding hydrogens is 256 g/mol. The van der Waals surface area contributed by atoms with Gasteiger partial charge in [-0.2, -0.15) is 0 Å². The number of rotatable bonds is 6. The Hall–Kier alpha value is -0.610. The topological polar surface area (TPSA) is 34.1 Å². The van der Waals surface area contributed by atoms with E-state index in [1.165, 1.54) is 12.8 Å². The molecular formula is C11H15BrN2O. The van der Waals surface area contributed by atoms with Gasteiger partial charge in [0.05, 0.1) is 6.20 Å². The molecule has 0 aromatic carbocycles. The summed E-state index contributed by atoms with van der Waals surface area (Å²) in [5.74, 6) is 1.75. The van der Waals surface area contributed by atoms with Gasteiger partial charge in [-0.15, -0.1) is 0 Å².